The van der Waals surface area contributed by atoms with Gasteiger partial charge < -0.3 is 8.98 Å². The van der Waals surface area contributed by atoms with Crippen molar-refractivity contribution >= 4 is 28.6 Å². The van der Waals surface area contributed by atoms with Crippen LogP contribution in [0.4, 0.5) is 0 Å². The first-order valence-corrected chi connectivity index (χ1v) is 10.4. The van der Waals surface area contributed by atoms with E-state index in [-0.39, 0.29) is 17.2 Å². The van der Waals surface area contributed by atoms with Gasteiger partial charge in [-0.1, -0.05) is 54.6 Å². The summed E-state index contributed by atoms with van der Waals surface area (Å²) in [5, 5.41) is 28.9. The number of aromatic nitrogens is 3. The minimum absolute atomic E-state index is 0.137. The number of rotatable bonds is 2. The van der Waals surface area contributed by atoms with Gasteiger partial charge in [0.05, 0.1) is 12.6 Å². The molecule has 5 rings (SSSR count). The van der Waals surface area contributed by atoms with Crippen LogP contribution in [0.1, 0.15) is 17.0 Å². The van der Waals surface area contributed by atoms with Gasteiger partial charge in [0.25, 0.3) is 11.4 Å². The standard InChI is InChI=1S/C27H13N7O/c1-31-21(15-30)24-19-11-7-6-10-18(19)23(17(13-28)14-29)20(24)12-22-32-26-27(35-22)33-25(34(26)2)16-8-4-3-5-9-16/h3-12H,2H3/b20-12-,24-21-. The Kier molecular flexibility index (Phi) is 5.04. The Morgan fingerprint density at radius 2 is 1.60 bits per heavy atom. The van der Waals surface area contributed by atoms with E-state index in [1.165, 1.54) is 0 Å². The number of allylic oxidation sites excluding steroid dienone is 5. The number of aryl methyl sites for hydroxylation is 1. The van der Waals surface area contributed by atoms with Crippen molar-refractivity contribution in [2.75, 3.05) is 0 Å². The number of imidazole rings is 1. The molecule has 2 aromatic heterocycles. The van der Waals surface area contributed by atoms with Gasteiger partial charge in [0.2, 0.25) is 11.5 Å². The maximum absolute atomic E-state index is 9.64. The van der Waals surface area contributed by atoms with E-state index in [0.717, 1.165) is 5.56 Å². The Labute approximate surface area is 200 Å². The fourth-order valence-corrected chi connectivity index (χ4v) is 4.19. The van der Waals surface area contributed by atoms with Crippen LogP contribution in [-0.4, -0.2) is 14.5 Å². The predicted molar refractivity (Wildman–Crippen MR) is 128 cm³/mol. The summed E-state index contributed by atoms with van der Waals surface area (Å²) in [5.41, 5.74) is 3.63. The third-order valence-corrected chi connectivity index (χ3v) is 5.68. The first-order valence-electron chi connectivity index (χ1n) is 10.4. The van der Waals surface area contributed by atoms with Crippen molar-refractivity contribution in [1.29, 1.82) is 15.8 Å². The second-order valence-corrected chi connectivity index (χ2v) is 7.57. The number of hydrogen-bond acceptors (Lipinski definition) is 6. The zero-order chi connectivity index (χ0) is 24.5. The lowest BCUT2D eigenvalue weighted by atomic mass is 9.98. The molecule has 0 saturated heterocycles. The van der Waals surface area contributed by atoms with E-state index in [2.05, 4.69) is 14.8 Å². The smallest absolute Gasteiger partial charge is 0.270 e. The van der Waals surface area contributed by atoms with Crippen LogP contribution >= 0.6 is 0 Å². The van der Waals surface area contributed by atoms with Crippen LogP contribution in [0, 0.1) is 40.6 Å². The van der Waals surface area contributed by atoms with Crippen molar-refractivity contribution in [3.63, 3.8) is 0 Å². The molecular formula is C27H13N7O. The molecule has 2 heterocycles. The van der Waals surface area contributed by atoms with Gasteiger partial charge in [0.1, 0.15) is 23.5 Å². The van der Waals surface area contributed by atoms with Gasteiger partial charge in [0, 0.05) is 29.8 Å². The van der Waals surface area contributed by atoms with Crippen LogP contribution < -0.4 is 0 Å². The highest BCUT2D eigenvalue weighted by Crippen LogP contribution is 2.48. The molecule has 1 aliphatic rings. The molecule has 35 heavy (non-hydrogen) atoms. The molecule has 8 nitrogen and oxygen atoms in total. The third kappa shape index (κ3) is 3.28. The molecule has 1 aliphatic carbocycles. The molecule has 0 amide bonds. The molecule has 0 aliphatic heterocycles. The second-order valence-electron chi connectivity index (χ2n) is 7.57. The summed E-state index contributed by atoms with van der Waals surface area (Å²) in [5.74, 6) is 0.865. The van der Waals surface area contributed by atoms with Gasteiger partial charge in [-0.3, -0.25) is 0 Å². The van der Waals surface area contributed by atoms with E-state index in [9.17, 15) is 15.8 Å². The maximum Gasteiger partial charge on any atom is 0.270 e. The van der Waals surface area contributed by atoms with Gasteiger partial charge in [-0.15, -0.1) is 0 Å². The summed E-state index contributed by atoms with van der Waals surface area (Å²) in [6, 6.07) is 22.5. The van der Waals surface area contributed by atoms with E-state index in [0.29, 0.717) is 45.0 Å². The Morgan fingerprint density at radius 3 is 2.20 bits per heavy atom. The Hall–Kier alpha value is -5.70. The van der Waals surface area contributed by atoms with E-state index >= 15 is 0 Å². The molecule has 0 spiro atoms. The Morgan fingerprint density at radius 1 is 0.943 bits per heavy atom. The Bertz CT molecular complexity index is 1680. The molecule has 0 atom stereocenters. The fraction of sp³-hybridized carbons (Fsp3) is 0.0370. The van der Waals surface area contributed by atoms with Crippen molar-refractivity contribution in [2.45, 2.75) is 0 Å². The largest absolute Gasteiger partial charge is 0.417 e. The van der Waals surface area contributed by atoms with Crippen LogP contribution in [0.25, 0.3) is 44.8 Å². The molecule has 0 unspecified atom stereocenters. The van der Waals surface area contributed by atoms with Gasteiger partial charge in [-0.25, -0.2) is 10.1 Å². The van der Waals surface area contributed by atoms with Gasteiger partial charge in [-0.2, -0.15) is 20.5 Å². The highest BCUT2D eigenvalue weighted by molar-refractivity contribution is 6.14. The van der Waals surface area contributed by atoms with Crippen LogP contribution in [0.15, 0.2) is 75.9 Å². The van der Waals surface area contributed by atoms with Crippen molar-refractivity contribution in [3.05, 3.63) is 99.9 Å². The predicted octanol–water partition coefficient (Wildman–Crippen LogP) is 5.28. The number of fused-ring (bicyclic) bond motifs is 2. The summed E-state index contributed by atoms with van der Waals surface area (Å²) in [4.78, 5) is 12.5. The number of nitriles is 3. The molecule has 162 valence electrons. The zero-order valence-electron chi connectivity index (χ0n) is 18.3. The highest BCUT2D eigenvalue weighted by atomic mass is 16.4. The van der Waals surface area contributed by atoms with Gasteiger partial charge >= 0.3 is 0 Å². The molecule has 0 radical (unpaired) electrons. The molecule has 2 aromatic carbocycles. The second kappa shape index (κ2) is 8.34. The average Bonchev–Trinajstić information content (AvgIpc) is 3.53. The van der Waals surface area contributed by atoms with Crippen LogP contribution in [0.3, 0.4) is 0 Å². The van der Waals surface area contributed by atoms with Crippen molar-refractivity contribution in [3.8, 4) is 29.6 Å². The van der Waals surface area contributed by atoms with Crippen molar-refractivity contribution in [1.82, 2.24) is 14.5 Å². The third-order valence-electron chi connectivity index (χ3n) is 5.68. The van der Waals surface area contributed by atoms with E-state index in [4.69, 9.17) is 11.0 Å². The number of oxazole rings is 1. The Balaban J connectivity index is 1.76. The highest BCUT2D eigenvalue weighted by Gasteiger charge is 2.32. The summed E-state index contributed by atoms with van der Waals surface area (Å²) in [6.45, 7) is 7.51. The van der Waals surface area contributed by atoms with E-state index in [1.54, 1.807) is 30.3 Å². The molecule has 8 heteroatoms. The first-order chi connectivity index (χ1) is 17.1. The topological polar surface area (TPSA) is 120 Å². The first kappa shape index (κ1) is 21.2. The minimum atomic E-state index is -0.158. The SMILES string of the molecule is [C-]#[N+]/C(C#N)=C1\C(=C/c2nc3c(nc(-c4ccccc4)n3C)o2)C(=C(C#N)C#N)c2ccccc21. The van der Waals surface area contributed by atoms with Crippen molar-refractivity contribution < 1.29 is 4.42 Å². The minimum Gasteiger partial charge on any atom is -0.417 e. The quantitative estimate of drug-likeness (QED) is 0.302. The fourth-order valence-electron chi connectivity index (χ4n) is 4.19. The average molecular weight is 451 g/mol. The van der Waals surface area contributed by atoms with Gasteiger partial charge in [0.15, 0.2) is 0 Å². The maximum atomic E-state index is 9.64. The summed E-state index contributed by atoms with van der Waals surface area (Å²) < 4.78 is 7.72. The van der Waals surface area contributed by atoms with E-state index < -0.39 is 0 Å². The summed E-state index contributed by atoms with van der Waals surface area (Å²) in [6.07, 6.45) is 1.55. The number of nitrogens with zero attached hydrogens (tertiary/aromatic N) is 7. The lowest BCUT2D eigenvalue weighted by Gasteiger charge is -2.04. The molecule has 0 saturated carbocycles. The summed E-state index contributed by atoms with van der Waals surface area (Å²) in [7, 11) is 1.83. The number of benzene rings is 2. The molecule has 4 aromatic rings. The van der Waals surface area contributed by atoms with Crippen molar-refractivity contribution in [2.24, 2.45) is 7.05 Å². The van der Waals surface area contributed by atoms with Crippen LogP contribution in [-0.2, 0) is 7.05 Å². The monoisotopic (exact) mass is 451 g/mol. The van der Waals surface area contributed by atoms with Crippen LogP contribution in [0.5, 0.6) is 0 Å². The number of hydrogen-bond donors (Lipinski definition) is 0. The lowest BCUT2D eigenvalue weighted by Crippen LogP contribution is -1.94. The lowest BCUT2D eigenvalue weighted by molar-refractivity contribution is 0.579. The summed E-state index contributed by atoms with van der Waals surface area (Å²) >= 11 is 0. The molecule has 0 bridgehead atoms. The normalized spacial score (nSPS) is 14.7. The molecular weight excluding hydrogens is 438 g/mol. The van der Waals surface area contributed by atoms with E-state index in [1.807, 2.05) is 60.2 Å². The van der Waals surface area contributed by atoms with Crippen LogP contribution in [0.2, 0.25) is 0 Å². The van der Waals surface area contributed by atoms with Gasteiger partial charge in [-0.05, 0) is 16.7 Å². The molecule has 0 fully saturated rings. The zero-order valence-corrected chi connectivity index (χ0v) is 18.3. The molecule has 0 N–H and O–H groups in total.